The number of hydrogen-bond donors (Lipinski definition) is 0. The van der Waals surface area contributed by atoms with E-state index in [0.29, 0.717) is 16.7 Å². The van der Waals surface area contributed by atoms with Gasteiger partial charge in [0, 0.05) is 11.1 Å². The molecule has 1 aromatic heterocycles. The lowest BCUT2D eigenvalue weighted by Gasteiger charge is -2.07. The van der Waals surface area contributed by atoms with Gasteiger partial charge in [-0.15, -0.1) is 0 Å². The lowest BCUT2D eigenvalue weighted by atomic mass is 10.2. The summed E-state index contributed by atoms with van der Waals surface area (Å²) in [5.41, 5.74) is 1.83. The Morgan fingerprint density at radius 3 is 2.47 bits per heavy atom. The first kappa shape index (κ1) is 12.0. The van der Waals surface area contributed by atoms with Crippen LogP contribution in [0.15, 0.2) is 36.4 Å². The second-order valence-electron chi connectivity index (χ2n) is 3.53. The number of ether oxygens (including phenoxy) is 1. The summed E-state index contributed by atoms with van der Waals surface area (Å²) in [5.74, 6) is 1.26. The Morgan fingerprint density at radius 1 is 1.18 bits per heavy atom. The summed E-state index contributed by atoms with van der Waals surface area (Å²) in [4.78, 5) is 4.12. The molecule has 0 aliphatic rings. The van der Waals surface area contributed by atoms with E-state index in [-0.39, 0.29) is 0 Å². The highest BCUT2D eigenvalue weighted by atomic mass is 35.5. The van der Waals surface area contributed by atoms with Crippen molar-refractivity contribution >= 4 is 29.2 Å². The molecular weight excluding hydrogens is 254 g/mol. The molecule has 0 aliphatic heterocycles. The van der Waals surface area contributed by atoms with Gasteiger partial charge in [0.05, 0.1) is 0 Å². The Hall–Kier alpha value is -1.45. The molecule has 0 N–H and O–H groups in total. The van der Waals surface area contributed by atoms with Crippen LogP contribution in [-0.2, 0) is 0 Å². The van der Waals surface area contributed by atoms with Crippen molar-refractivity contribution in [2.24, 2.45) is 0 Å². The largest absolute Gasteiger partial charge is 0.454 e. The maximum absolute atomic E-state index is 5.98. The predicted molar refractivity (Wildman–Crippen MR) is 73.3 cm³/mol. The first-order valence-corrected chi connectivity index (χ1v) is 5.90. The maximum atomic E-state index is 5.98. The molecule has 0 aliphatic carbocycles. The Kier molecular flexibility index (Phi) is 3.71. The van der Waals surface area contributed by atoms with Crippen molar-refractivity contribution in [3.8, 4) is 11.5 Å². The smallest absolute Gasteiger partial charge is 0.171 e. The van der Waals surface area contributed by atoms with E-state index in [0.717, 1.165) is 11.3 Å². The molecule has 2 rings (SSSR count). The molecule has 0 atom stereocenters. The van der Waals surface area contributed by atoms with Gasteiger partial charge >= 0.3 is 0 Å². The van der Waals surface area contributed by atoms with Gasteiger partial charge in [0.15, 0.2) is 10.9 Å². The van der Waals surface area contributed by atoms with Crippen LogP contribution in [0, 0.1) is 6.92 Å². The van der Waals surface area contributed by atoms with Crippen LogP contribution < -0.4 is 4.74 Å². The minimum Gasteiger partial charge on any atom is -0.454 e. The second-order valence-corrected chi connectivity index (χ2v) is 4.12. The van der Waals surface area contributed by atoms with Crippen LogP contribution in [0.25, 0.3) is 0 Å². The molecule has 0 saturated heterocycles. The molecule has 2 aromatic rings. The summed E-state index contributed by atoms with van der Waals surface area (Å²) in [6.45, 7) is 1.88. The first-order chi connectivity index (χ1) is 8.19. The third kappa shape index (κ3) is 3.02. The van der Waals surface area contributed by atoms with Gasteiger partial charge in [-0.2, -0.15) is 0 Å². The van der Waals surface area contributed by atoms with Gasteiger partial charge in [0.2, 0.25) is 0 Å². The minimum atomic E-state index is 0.365. The van der Waals surface area contributed by atoms with Crippen LogP contribution in [0.3, 0.4) is 0 Å². The van der Waals surface area contributed by atoms with Gasteiger partial charge in [-0.05, 0) is 36.8 Å². The molecular formula is C13H10ClNOS. The van der Waals surface area contributed by atoms with Gasteiger partial charge in [0.25, 0.3) is 0 Å². The first-order valence-electron chi connectivity index (χ1n) is 5.05. The average Bonchev–Trinajstić information content (AvgIpc) is 2.34. The fraction of sp³-hybridized carbons (Fsp3) is 0.0769. The van der Waals surface area contributed by atoms with Crippen LogP contribution in [0.1, 0.15) is 11.3 Å². The zero-order chi connectivity index (χ0) is 12.3. The van der Waals surface area contributed by atoms with E-state index in [1.807, 2.05) is 37.3 Å². The molecule has 2 nitrogen and oxygen atoms in total. The predicted octanol–water partition coefficient (Wildman–Crippen LogP) is 4.18. The highest BCUT2D eigenvalue weighted by molar-refractivity contribution is 7.79. The van der Waals surface area contributed by atoms with Crippen LogP contribution in [-0.4, -0.2) is 10.4 Å². The molecule has 0 bridgehead atoms. The van der Waals surface area contributed by atoms with E-state index < -0.39 is 0 Å². The van der Waals surface area contributed by atoms with E-state index in [1.165, 1.54) is 0 Å². The van der Waals surface area contributed by atoms with Gasteiger partial charge in [0.1, 0.15) is 5.75 Å². The maximum Gasteiger partial charge on any atom is 0.171 e. The zero-order valence-corrected chi connectivity index (χ0v) is 10.8. The topological polar surface area (TPSA) is 22.1 Å². The molecule has 1 aromatic carbocycles. The number of halogens is 1. The van der Waals surface area contributed by atoms with Crippen LogP contribution >= 0.6 is 23.8 Å². The van der Waals surface area contributed by atoms with Crippen LogP contribution in [0.5, 0.6) is 11.5 Å². The average molecular weight is 264 g/mol. The van der Waals surface area contributed by atoms with Gasteiger partial charge in [-0.3, -0.25) is 0 Å². The van der Waals surface area contributed by atoms with Crippen molar-refractivity contribution in [3.63, 3.8) is 0 Å². The number of pyridine rings is 1. The highest BCUT2D eigenvalue weighted by Gasteiger charge is 2.04. The third-order valence-electron chi connectivity index (χ3n) is 2.20. The van der Waals surface area contributed by atoms with Crippen molar-refractivity contribution in [3.05, 3.63) is 52.8 Å². The van der Waals surface area contributed by atoms with E-state index in [2.05, 4.69) is 4.98 Å². The monoisotopic (exact) mass is 263 g/mol. The summed E-state index contributed by atoms with van der Waals surface area (Å²) in [5, 5.41) is 1.98. The highest BCUT2D eigenvalue weighted by Crippen LogP contribution is 2.27. The summed E-state index contributed by atoms with van der Waals surface area (Å²) < 4.78 is 5.62. The van der Waals surface area contributed by atoms with E-state index in [4.69, 9.17) is 28.6 Å². The van der Waals surface area contributed by atoms with Crippen molar-refractivity contribution in [1.82, 2.24) is 4.98 Å². The SMILES string of the molecule is Cc1ccc(Oc2ccc(C=S)cc2)c(Cl)n1. The fourth-order valence-corrected chi connectivity index (χ4v) is 1.72. The summed E-state index contributed by atoms with van der Waals surface area (Å²) in [7, 11) is 0. The van der Waals surface area contributed by atoms with E-state index >= 15 is 0 Å². The lowest BCUT2D eigenvalue weighted by molar-refractivity contribution is 0.480. The Labute approximate surface area is 110 Å². The molecule has 1 heterocycles. The fourth-order valence-electron chi connectivity index (χ4n) is 1.33. The lowest BCUT2D eigenvalue weighted by Crippen LogP contribution is -1.89. The molecule has 0 saturated carbocycles. The Balaban J connectivity index is 2.22. The molecule has 4 heteroatoms. The van der Waals surface area contributed by atoms with Crippen molar-refractivity contribution < 1.29 is 4.74 Å². The van der Waals surface area contributed by atoms with Gasteiger partial charge in [-0.25, -0.2) is 4.98 Å². The van der Waals surface area contributed by atoms with E-state index in [9.17, 15) is 0 Å². The normalized spacial score (nSPS) is 10.0. The van der Waals surface area contributed by atoms with Gasteiger partial charge in [-0.1, -0.05) is 36.0 Å². The molecule has 86 valence electrons. The quantitative estimate of drug-likeness (QED) is 0.613. The minimum absolute atomic E-state index is 0.365. The third-order valence-corrected chi connectivity index (χ3v) is 2.74. The van der Waals surface area contributed by atoms with Crippen LogP contribution in [0.4, 0.5) is 0 Å². The van der Waals surface area contributed by atoms with E-state index in [1.54, 1.807) is 11.4 Å². The Morgan fingerprint density at radius 2 is 1.88 bits per heavy atom. The summed E-state index contributed by atoms with van der Waals surface area (Å²) >= 11 is 10.8. The number of hydrogen-bond acceptors (Lipinski definition) is 3. The molecule has 0 amide bonds. The number of nitrogens with zero attached hydrogens (tertiary/aromatic N) is 1. The van der Waals surface area contributed by atoms with Crippen molar-refractivity contribution in [2.45, 2.75) is 6.92 Å². The number of rotatable bonds is 3. The number of aryl methyl sites for hydroxylation is 1. The standard InChI is InChI=1S/C13H10ClNOS/c1-9-2-7-12(13(14)15-9)16-11-5-3-10(8-17)4-6-11/h2-8H,1H3. The molecule has 0 spiro atoms. The molecule has 17 heavy (non-hydrogen) atoms. The molecule has 0 fully saturated rings. The van der Waals surface area contributed by atoms with Crippen LogP contribution in [0.2, 0.25) is 5.15 Å². The Bertz CT molecular complexity index is 540. The number of thiocarbonyl (C=S) groups is 1. The van der Waals surface area contributed by atoms with Crippen molar-refractivity contribution in [1.29, 1.82) is 0 Å². The van der Waals surface area contributed by atoms with Gasteiger partial charge < -0.3 is 4.74 Å². The zero-order valence-electron chi connectivity index (χ0n) is 9.18. The molecule has 0 unspecified atom stereocenters. The second kappa shape index (κ2) is 5.25. The van der Waals surface area contributed by atoms with Crippen molar-refractivity contribution in [2.75, 3.05) is 0 Å². The summed E-state index contributed by atoms with van der Waals surface area (Å²) in [6.07, 6.45) is 0. The molecule has 0 radical (unpaired) electrons. The number of aromatic nitrogens is 1. The number of benzene rings is 1. The summed E-state index contributed by atoms with van der Waals surface area (Å²) in [6, 6.07) is 11.1.